The number of nitrogens with zero attached hydrogens (tertiary/aromatic N) is 6. The predicted octanol–water partition coefficient (Wildman–Crippen LogP) is 12.5. The fraction of sp³-hybridized carbons (Fsp3) is 0.0862. The van der Waals surface area contributed by atoms with Crippen molar-refractivity contribution in [1.29, 1.82) is 0 Å². The molecule has 0 spiro atoms. The van der Waals surface area contributed by atoms with Crippen molar-refractivity contribution in [2.75, 3.05) is 9.80 Å². The van der Waals surface area contributed by atoms with Crippen molar-refractivity contribution in [2.24, 2.45) is 6.98 Å². The fourth-order valence-electron chi connectivity index (χ4n) is 8.61. The van der Waals surface area contributed by atoms with E-state index in [9.17, 15) is 0 Å². The van der Waals surface area contributed by atoms with Gasteiger partial charge in [0.2, 0.25) is 5.95 Å². The molecule has 70 heavy (non-hydrogen) atoms. The van der Waals surface area contributed by atoms with Crippen LogP contribution in [-0.2, 0) is 33.5 Å². The van der Waals surface area contributed by atoms with Crippen molar-refractivity contribution in [3.05, 3.63) is 230 Å². The number of hydrogen-bond acceptors (Lipinski definition) is 7. The van der Waals surface area contributed by atoms with Crippen LogP contribution in [0.2, 0.25) is 0 Å². The maximum Gasteiger partial charge on any atom is 0.213 e. The number of anilines is 4. The Bertz CT molecular complexity index is 3830. The molecule has 2 N–H and O–H groups in total. The Hall–Kier alpha value is -7.74. The Labute approximate surface area is 434 Å². The van der Waals surface area contributed by atoms with Gasteiger partial charge >= 0.3 is 0 Å². The third kappa shape index (κ3) is 8.89. The summed E-state index contributed by atoms with van der Waals surface area (Å²) in [5.74, 6) is 4.27. The summed E-state index contributed by atoms with van der Waals surface area (Å²) in [6.07, 6.45) is 25.3. The molecule has 3 aliphatic rings. The van der Waals surface area contributed by atoms with E-state index in [4.69, 9.17) is 19.3 Å². The minimum Gasteiger partial charge on any atom is -0.503 e. The molecule has 3 aliphatic heterocycles. The van der Waals surface area contributed by atoms with Gasteiger partial charge in [-0.2, -0.15) is 23.9 Å². The van der Waals surface area contributed by atoms with E-state index in [0.29, 0.717) is 22.1 Å². The number of aryl methyl sites for hydroxylation is 1. The molecule has 2 radical (unpaired) electrons. The van der Waals surface area contributed by atoms with Gasteiger partial charge in [0.25, 0.3) is 0 Å². The molecule has 9 nitrogen and oxygen atoms in total. The van der Waals surface area contributed by atoms with Crippen LogP contribution in [0.5, 0.6) is 11.6 Å². The Balaban J connectivity index is 0.00000672. The zero-order valence-corrected chi connectivity index (χ0v) is 40.6. The van der Waals surface area contributed by atoms with Crippen LogP contribution in [0.1, 0.15) is 47.1 Å². The van der Waals surface area contributed by atoms with Crippen molar-refractivity contribution >= 4 is 81.1 Å². The standard InChI is InChI=1S/C58H47B2N8O.Pt/c1-58(2,3)40-35-45(47-18-15-32-61-30-13-11-28-59-47)56(46(36-40)48-19-16-33-62-31-14-12-29-60-48)67-39-66(52-23-9-10-24-53(52)67)41-27-34-63-55(37-41)69-42-25-26-44-43-17-5-7-21-50(43)68(54(44)38-42)57-64-49-20-6-8-22-51(49)65(57)4;/h5-36,39,61-62H,1-4H3;/q-3;/b28-11-,29-12-,30-13-,31-14-,32-15-,33-16-,47-18-,48-19-;/i4D3,5D,7D,17D,21D;. The first-order valence-corrected chi connectivity index (χ1v) is 22.5. The molecule has 0 unspecified atom stereocenters. The molecule has 12 heteroatoms. The van der Waals surface area contributed by atoms with Crippen LogP contribution in [0.3, 0.4) is 0 Å². The molecule has 0 bridgehead atoms. The predicted molar refractivity (Wildman–Crippen MR) is 286 cm³/mol. The average Bonchev–Trinajstić information content (AvgIpc) is 4.33. The zero-order chi connectivity index (χ0) is 52.9. The minimum absolute atomic E-state index is 0. The van der Waals surface area contributed by atoms with Crippen LogP contribution in [0.25, 0.3) is 49.7 Å². The van der Waals surface area contributed by atoms with Crippen LogP contribution in [0, 0.1) is 18.8 Å². The molecule has 0 saturated heterocycles. The first kappa shape index (κ1) is 38.1. The Morgan fingerprint density at radius 1 is 0.729 bits per heavy atom. The molecule has 8 aromatic rings. The molecule has 11 rings (SSSR count). The first-order chi connectivity index (χ1) is 36.7. The minimum atomic E-state index is -2.73. The van der Waals surface area contributed by atoms with Crippen molar-refractivity contribution < 1.29 is 35.4 Å². The van der Waals surface area contributed by atoms with Crippen molar-refractivity contribution in [2.45, 2.75) is 26.2 Å². The van der Waals surface area contributed by atoms with Gasteiger partial charge in [-0.25, -0.2) is 4.98 Å². The van der Waals surface area contributed by atoms with E-state index in [-0.39, 0.29) is 72.6 Å². The van der Waals surface area contributed by atoms with Crippen molar-refractivity contribution in [3.8, 4) is 17.6 Å². The number of hydrogen-bond donors (Lipinski definition) is 2. The van der Waals surface area contributed by atoms with E-state index in [1.807, 2.05) is 96.3 Å². The number of benzene rings is 5. The molecule has 0 aliphatic carbocycles. The number of pyridine rings is 1. The van der Waals surface area contributed by atoms with E-state index >= 15 is 0 Å². The molecule has 344 valence electrons. The van der Waals surface area contributed by atoms with Gasteiger partial charge in [-0.05, 0) is 100 Å². The summed E-state index contributed by atoms with van der Waals surface area (Å²) in [5, 5.41) is 7.00. The molecule has 6 heterocycles. The second kappa shape index (κ2) is 19.7. The van der Waals surface area contributed by atoms with E-state index in [1.165, 1.54) is 4.57 Å². The Morgan fingerprint density at radius 3 is 2.11 bits per heavy atom. The summed E-state index contributed by atoms with van der Waals surface area (Å²) in [6, 6.07) is 29.8. The molecule has 5 aromatic carbocycles. The number of ether oxygens (including phenoxy) is 1. The summed E-state index contributed by atoms with van der Waals surface area (Å²) in [7, 11) is 4.26. The fourth-order valence-corrected chi connectivity index (χ4v) is 8.61. The van der Waals surface area contributed by atoms with Gasteiger partial charge in [0.15, 0.2) is 14.6 Å². The van der Waals surface area contributed by atoms with Gasteiger partial charge in [0.1, 0.15) is 5.88 Å². The molecule has 0 amide bonds. The number of allylic oxidation sites excluding steroid dienone is 8. The monoisotopic (exact) mass is 1100 g/mol. The number of imidazole rings is 1. The van der Waals surface area contributed by atoms with E-state index < -0.39 is 19.1 Å². The largest absolute Gasteiger partial charge is 0.503 e. The van der Waals surface area contributed by atoms with Gasteiger partial charge in [0.05, 0.1) is 16.5 Å². The number of aromatic nitrogens is 4. The molecule has 0 atom stereocenters. The van der Waals surface area contributed by atoms with Crippen LogP contribution in [0.4, 0.5) is 22.7 Å². The summed E-state index contributed by atoms with van der Waals surface area (Å²) >= 11 is 0. The van der Waals surface area contributed by atoms with Crippen molar-refractivity contribution in [3.63, 3.8) is 0 Å². The third-order valence-electron chi connectivity index (χ3n) is 11.9. The van der Waals surface area contributed by atoms with Gasteiger partial charge in [-0.3, -0.25) is 4.98 Å². The Kier molecular flexibility index (Phi) is 10.7. The number of nitrogens with one attached hydrogen (secondary N) is 2. The topological polar surface area (TPSA) is 75.4 Å². The maximum absolute atomic E-state index is 9.11. The smallest absolute Gasteiger partial charge is 0.213 e. The summed E-state index contributed by atoms with van der Waals surface area (Å²) in [5.41, 5.74) is 9.22. The number of para-hydroxylation sites is 5. The molecular formula is C58H47B2N8OPt-3. The summed E-state index contributed by atoms with van der Waals surface area (Å²) in [4.78, 5) is 13.6. The Morgan fingerprint density at radius 2 is 1.40 bits per heavy atom. The summed E-state index contributed by atoms with van der Waals surface area (Å²) < 4.78 is 70.2. The first-order valence-electron chi connectivity index (χ1n) is 26.0. The quantitative estimate of drug-likeness (QED) is 0.122. The third-order valence-corrected chi connectivity index (χ3v) is 11.9. The SMILES string of the molecule is [2H]c1c([2H])c([2H])c2c(c1[2H])c1ccc(Oc3[c-]c(N4[CH-]N(c5c(/C6=C/C=C\N/C=C\C=C/[B]6)cc(C(C)(C)C)cc5/C5=C/C=C\N/C=C\C=C/[B]5)c5ccccc54)ccn3)[c-]c1n2-c1nc2ccccc2n1C([2H])([2H])[2H].[Pt]. The van der Waals surface area contributed by atoms with Crippen LogP contribution in [0.15, 0.2) is 195 Å². The molecular weight excluding hydrogens is 1040 g/mol. The number of rotatable bonds is 7. The average molecular weight is 1100 g/mol. The van der Waals surface area contributed by atoms with Gasteiger partial charge in [0, 0.05) is 85.3 Å². The normalized spacial score (nSPS) is 20.5. The van der Waals surface area contributed by atoms with Gasteiger partial charge in [-0.15, -0.1) is 36.1 Å². The second-order valence-corrected chi connectivity index (χ2v) is 17.4. The maximum atomic E-state index is 9.11. The number of fused-ring (bicyclic) bond motifs is 5. The molecule has 0 fully saturated rings. The van der Waals surface area contributed by atoms with Gasteiger partial charge in [-0.1, -0.05) is 104 Å². The van der Waals surface area contributed by atoms with Crippen LogP contribution >= 0.6 is 0 Å². The van der Waals surface area contributed by atoms with Crippen LogP contribution in [-0.4, -0.2) is 33.7 Å². The van der Waals surface area contributed by atoms with E-state index in [2.05, 4.69) is 111 Å². The van der Waals surface area contributed by atoms with Crippen LogP contribution < -0.4 is 25.2 Å². The zero-order valence-electron chi connectivity index (χ0n) is 45.3. The van der Waals surface area contributed by atoms with Crippen molar-refractivity contribution in [1.82, 2.24) is 29.7 Å². The van der Waals surface area contributed by atoms with E-state index in [0.717, 1.165) is 49.3 Å². The summed E-state index contributed by atoms with van der Waals surface area (Å²) in [6.45, 7) is 6.00. The van der Waals surface area contributed by atoms with E-state index in [1.54, 1.807) is 42.6 Å². The molecule has 0 saturated carbocycles. The van der Waals surface area contributed by atoms with Gasteiger partial charge < -0.3 is 34.3 Å². The second-order valence-electron chi connectivity index (χ2n) is 17.4. The molecule has 3 aromatic heterocycles.